The quantitative estimate of drug-likeness (QED) is 0.419. The molecule has 3 aromatic rings. The fraction of sp³-hybridized carbons (Fsp3) is 0.409. The van der Waals surface area contributed by atoms with Gasteiger partial charge in [0.1, 0.15) is 5.00 Å². The first-order valence-electron chi connectivity index (χ1n) is 10.2. The van der Waals surface area contributed by atoms with Crippen LogP contribution in [-0.4, -0.2) is 34.2 Å². The van der Waals surface area contributed by atoms with Gasteiger partial charge < -0.3 is 15.0 Å². The van der Waals surface area contributed by atoms with Gasteiger partial charge in [-0.15, -0.1) is 11.3 Å². The summed E-state index contributed by atoms with van der Waals surface area (Å²) < 4.78 is 5.04. The smallest absolute Gasteiger partial charge is 0.341 e. The molecule has 0 spiro atoms. The van der Waals surface area contributed by atoms with Crippen LogP contribution in [0.4, 0.5) is 5.00 Å². The normalized spacial score (nSPS) is 15.1. The Hall–Kier alpha value is -2.32. The maximum Gasteiger partial charge on any atom is 0.341 e. The number of carbonyl (C=O) groups is 2. The predicted octanol–water partition coefficient (Wildman–Crippen LogP) is 5.19. The van der Waals surface area contributed by atoms with Crippen LogP contribution in [0.1, 0.15) is 53.4 Å². The van der Waals surface area contributed by atoms with Crippen molar-refractivity contribution in [1.82, 2.24) is 9.97 Å². The molecule has 6 nitrogen and oxygen atoms in total. The lowest BCUT2D eigenvalue weighted by Crippen LogP contribution is -2.23. The number of nitrogens with zero attached hydrogens (tertiary/aromatic N) is 1. The number of benzene rings is 1. The molecule has 8 heteroatoms. The third-order valence-corrected chi connectivity index (χ3v) is 7.51. The molecule has 1 aromatic carbocycles. The number of aromatic nitrogens is 2. The number of aromatic amines is 1. The van der Waals surface area contributed by atoms with Crippen LogP contribution in [0, 0.1) is 0 Å². The van der Waals surface area contributed by atoms with E-state index >= 15 is 0 Å². The number of imidazole rings is 1. The summed E-state index contributed by atoms with van der Waals surface area (Å²) in [5.74, 6) is -0.527. The van der Waals surface area contributed by atoms with Crippen molar-refractivity contribution in [3.05, 3.63) is 40.3 Å². The molecule has 0 aliphatic heterocycles. The number of hydrogen-bond acceptors (Lipinski definition) is 6. The number of thiophene rings is 1. The molecule has 0 fully saturated rings. The number of aryl methyl sites for hydroxylation is 1. The average molecular weight is 444 g/mol. The number of esters is 1. The molecule has 30 heavy (non-hydrogen) atoms. The highest BCUT2D eigenvalue weighted by Gasteiger charge is 2.27. The maximum absolute atomic E-state index is 12.9. The molecule has 4 rings (SSSR count). The topological polar surface area (TPSA) is 84.1 Å². The second-order valence-corrected chi connectivity index (χ2v) is 9.86. The largest absolute Gasteiger partial charge is 0.465 e. The van der Waals surface area contributed by atoms with Crippen LogP contribution in [0.2, 0.25) is 0 Å². The molecule has 2 heterocycles. The molecule has 1 atom stereocenters. The number of anilines is 1. The zero-order valence-electron chi connectivity index (χ0n) is 17.1. The number of methoxy groups -OCH3 is 1. The number of para-hydroxylation sites is 2. The van der Waals surface area contributed by atoms with Crippen LogP contribution in [0.3, 0.4) is 0 Å². The number of hydrogen-bond donors (Lipinski definition) is 2. The zero-order valence-corrected chi connectivity index (χ0v) is 18.8. The Morgan fingerprint density at radius 2 is 1.97 bits per heavy atom. The first-order valence-corrected chi connectivity index (χ1v) is 11.9. The Balaban J connectivity index is 1.54. The van der Waals surface area contributed by atoms with E-state index in [0.29, 0.717) is 15.7 Å². The van der Waals surface area contributed by atoms with Gasteiger partial charge in [-0.05, 0) is 50.3 Å². The van der Waals surface area contributed by atoms with Gasteiger partial charge in [0.25, 0.3) is 0 Å². The van der Waals surface area contributed by atoms with E-state index in [0.717, 1.165) is 42.3 Å². The van der Waals surface area contributed by atoms with E-state index in [1.54, 1.807) is 0 Å². The van der Waals surface area contributed by atoms with Crippen molar-refractivity contribution in [1.29, 1.82) is 0 Å². The molecule has 0 bridgehead atoms. The monoisotopic (exact) mass is 443 g/mol. The third-order valence-electron chi connectivity index (χ3n) is 5.32. The fourth-order valence-electron chi connectivity index (χ4n) is 3.75. The van der Waals surface area contributed by atoms with Crippen LogP contribution in [-0.2, 0) is 22.4 Å². The molecule has 1 amide bonds. The van der Waals surface area contributed by atoms with Gasteiger partial charge in [-0.2, -0.15) is 0 Å². The molecule has 0 saturated heterocycles. The first kappa shape index (κ1) is 20.9. The number of fused-ring (bicyclic) bond motifs is 2. The van der Waals surface area contributed by atoms with Crippen LogP contribution in [0.15, 0.2) is 29.4 Å². The van der Waals surface area contributed by atoms with Crippen molar-refractivity contribution in [3.8, 4) is 0 Å². The summed E-state index contributed by atoms with van der Waals surface area (Å²) in [6.45, 7) is 1.84. The van der Waals surface area contributed by atoms with Crippen molar-refractivity contribution < 1.29 is 14.3 Å². The Morgan fingerprint density at radius 1 is 1.20 bits per heavy atom. The lowest BCUT2D eigenvalue weighted by atomic mass is 9.96. The second-order valence-electron chi connectivity index (χ2n) is 7.42. The van der Waals surface area contributed by atoms with Crippen LogP contribution < -0.4 is 5.32 Å². The van der Waals surface area contributed by atoms with Crippen molar-refractivity contribution in [2.75, 3.05) is 12.4 Å². The molecule has 1 unspecified atom stereocenters. The van der Waals surface area contributed by atoms with E-state index in [-0.39, 0.29) is 17.1 Å². The maximum atomic E-state index is 12.9. The van der Waals surface area contributed by atoms with Crippen molar-refractivity contribution in [3.63, 3.8) is 0 Å². The van der Waals surface area contributed by atoms with Crippen molar-refractivity contribution in [2.24, 2.45) is 0 Å². The summed E-state index contributed by atoms with van der Waals surface area (Å²) in [5, 5.41) is 3.93. The van der Waals surface area contributed by atoms with Gasteiger partial charge >= 0.3 is 5.97 Å². The number of carbonyl (C=O) groups excluding carboxylic acids is 2. The van der Waals surface area contributed by atoms with E-state index in [1.807, 2.05) is 31.2 Å². The molecule has 0 radical (unpaired) electrons. The second kappa shape index (κ2) is 9.22. The minimum atomic E-state index is -0.374. The van der Waals surface area contributed by atoms with Gasteiger partial charge in [-0.3, -0.25) is 4.79 Å². The molecule has 2 N–H and O–H groups in total. The van der Waals surface area contributed by atoms with Gasteiger partial charge in [-0.1, -0.05) is 36.7 Å². The summed E-state index contributed by atoms with van der Waals surface area (Å²) in [6, 6.07) is 7.78. The van der Waals surface area contributed by atoms with E-state index in [1.165, 1.54) is 47.9 Å². The number of thioether (sulfide) groups is 1. The number of nitrogens with one attached hydrogen (secondary N) is 2. The zero-order chi connectivity index (χ0) is 21.1. The third kappa shape index (κ3) is 4.39. The van der Waals surface area contributed by atoms with E-state index < -0.39 is 0 Å². The highest BCUT2D eigenvalue weighted by molar-refractivity contribution is 8.00. The standard InChI is InChI=1S/C22H25N3O3S2/c1-13(29-22-23-15-10-7-8-11-16(15)24-22)19(26)25-20-18(21(27)28-2)14-9-5-3-4-6-12-17(14)30-20/h7-8,10-11,13H,3-6,9,12H2,1-2H3,(H,23,24)(H,25,26). The number of amides is 1. The summed E-state index contributed by atoms with van der Waals surface area (Å²) in [4.78, 5) is 34.4. The first-order chi connectivity index (χ1) is 14.6. The highest BCUT2D eigenvalue weighted by atomic mass is 32.2. The van der Waals surface area contributed by atoms with Crippen LogP contribution >= 0.6 is 23.1 Å². The Labute approximate surface area is 183 Å². The van der Waals surface area contributed by atoms with Crippen molar-refractivity contribution >= 4 is 51.0 Å². The lowest BCUT2D eigenvalue weighted by molar-refractivity contribution is -0.115. The van der Waals surface area contributed by atoms with Crippen LogP contribution in [0.25, 0.3) is 11.0 Å². The van der Waals surface area contributed by atoms with Gasteiger partial charge in [0.15, 0.2) is 5.16 Å². The van der Waals surface area contributed by atoms with Gasteiger partial charge in [0, 0.05) is 4.88 Å². The Morgan fingerprint density at radius 3 is 2.73 bits per heavy atom. The molecule has 0 saturated carbocycles. The van der Waals surface area contributed by atoms with Gasteiger partial charge in [-0.25, -0.2) is 9.78 Å². The predicted molar refractivity (Wildman–Crippen MR) is 122 cm³/mol. The summed E-state index contributed by atoms with van der Waals surface area (Å²) in [7, 11) is 1.39. The van der Waals surface area contributed by atoms with Gasteiger partial charge in [0.2, 0.25) is 5.91 Å². The number of rotatable bonds is 5. The summed E-state index contributed by atoms with van der Waals surface area (Å²) in [5.41, 5.74) is 3.41. The summed E-state index contributed by atoms with van der Waals surface area (Å²) in [6.07, 6.45) is 6.35. The Kier molecular flexibility index (Phi) is 6.43. The minimum absolute atomic E-state index is 0.153. The van der Waals surface area contributed by atoms with Crippen molar-refractivity contribution in [2.45, 2.75) is 55.9 Å². The molecule has 158 valence electrons. The van der Waals surface area contributed by atoms with E-state index in [4.69, 9.17) is 4.74 Å². The minimum Gasteiger partial charge on any atom is -0.465 e. The summed E-state index contributed by atoms with van der Waals surface area (Å²) >= 11 is 2.89. The number of H-pyrrole nitrogens is 1. The molecule has 1 aliphatic carbocycles. The lowest BCUT2D eigenvalue weighted by Gasteiger charge is -2.12. The SMILES string of the molecule is COC(=O)c1c(NC(=O)C(C)Sc2nc3ccccc3[nH]2)sc2c1CCCCCC2. The average Bonchev–Trinajstić information content (AvgIpc) is 3.27. The Bertz CT molecular complexity index is 1040. The highest BCUT2D eigenvalue weighted by Crippen LogP contribution is 2.38. The molecule has 2 aromatic heterocycles. The van der Waals surface area contributed by atoms with E-state index in [2.05, 4.69) is 15.3 Å². The molecular weight excluding hydrogens is 418 g/mol. The molecule has 1 aliphatic rings. The number of ether oxygens (including phenoxy) is 1. The fourth-order valence-corrected chi connectivity index (χ4v) is 5.85. The van der Waals surface area contributed by atoms with Gasteiger partial charge in [0.05, 0.1) is 29.0 Å². The van der Waals surface area contributed by atoms with E-state index in [9.17, 15) is 9.59 Å². The van der Waals surface area contributed by atoms with Crippen LogP contribution in [0.5, 0.6) is 0 Å². The molecular formula is C22H25N3O3S2.